The number of hydrogen-bond acceptors (Lipinski definition) is 3. The van der Waals surface area contributed by atoms with E-state index in [0.29, 0.717) is 5.69 Å². The summed E-state index contributed by atoms with van der Waals surface area (Å²) in [5, 5.41) is 8.67. The maximum atomic E-state index is 12.5. The van der Waals surface area contributed by atoms with Crippen molar-refractivity contribution >= 4 is 17.5 Å². The lowest BCUT2D eigenvalue weighted by molar-refractivity contribution is -0.122. The molecule has 2 atom stereocenters. The predicted octanol–water partition coefficient (Wildman–Crippen LogP) is 1.71. The number of anilines is 1. The second-order valence-electron chi connectivity index (χ2n) is 5.52. The van der Waals surface area contributed by atoms with Gasteiger partial charge in [-0.05, 0) is 37.1 Å². The normalized spacial score (nSPS) is 24.5. The molecule has 1 saturated heterocycles. The van der Waals surface area contributed by atoms with Crippen molar-refractivity contribution in [3.05, 3.63) is 29.8 Å². The van der Waals surface area contributed by atoms with E-state index in [0.717, 1.165) is 31.2 Å². The smallest absolute Gasteiger partial charge is 0.237 e. The van der Waals surface area contributed by atoms with E-state index in [1.807, 2.05) is 0 Å². The molecule has 2 aliphatic rings. The van der Waals surface area contributed by atoms with Gasteiger partial charge in [0, 0.05) is 5.56 Å². The number of hydrogen-bond donors (Lipinski definition) is 1. The Morgan fingerprint density at radius 1 is 1.05 bits per heavy atom. The lowest BCUT2D eigenvalue weighted by Crippen LogP contribution is -2.30. The lowest BCUT2D eigenvalue weighted by Gasteiger charge is -2.19. The Labute approximate surface area is 123 Å². The van der Waals surface area contributed by atoms with E-state index in [1.165, 1.54) is 4.90 Å². The van der Waals surface area contributed by atoms with Crippen LogP contribution in [0, 0.1) is 23.7 Å². The van der Waals surface area contributed by atoms with Gasteiger partial charge in [0.2, 0.25) is 11.8 Å². The third-order valence-corrected chi connectivity index (χ3v) is 4.28. The molecule has 21 heavy (non-hydrogen) atoms. The number of rotatable bonds is 1. The van der Waals surface area contributed by atoms with Crippen LogP contribution in [-0.2, 0) is 9.59 Å². The van der Waals surface area contributed by atoms with Gasteiger partial charge < -0.3 is 5.11 Å². The highest BCUT2D eigenvalue weighted by Crippen LogP contribution is 2.39. The van der Waals surface area contributed by atoms with Gasteiger partial charge in [-0.15, -0.1) is 0 Å². The summed E-state index contributed by atoms with van der Waals surface area (Å²) in [4.78, 5) is 26.2. The molecule has 3 rings (SSSR count). The number of carbonyl (C=O) groups excluding carboxylic acids is 2. The van der Waals surface area contributed by atoms with Crippen LogP contribution < -0.4 is 4.90 Å². The standard InChI is InChI=1S/C17H17NO3/c19-11-3-4-12-7-9-13(10-8-12)18-16(20)14-5-1-2-6-15(14)17(18)21/h7-10,14-15,19H,1-2,5-6,11H2. The number of aliphatic hydroxyl groups is 1. The summed E-state index contributed by atoms with van der Waals surface area (Å²) < 4.78 is 0. The molecular weight excluding hydrogens is 266 g/mol. The van der Waals surface area contributed by atoms with Gasteiger partial charge >= 0.3 is 0 Å². The van der Waals surface area contributed by atoms with Crippen molar-refractivity contribution in [2.24, 2.45) is 11.8 Å². The fourth-order valence-corrected chi connectivity index (χ4v) is 3.25. The number of benzene rings is 1. The summed E-state index contributed by atoms with van der Waals surface area (Å²) in [6.07, 6.45) is 3.71. The van der Waals surface area contributed by atoms with Gasteiger partial charge in [0.15, 0.2) is 0 Å². The summed E-state index contributed by atoms with van der Waals surface area (Å²) in [6.45, 7) is -0.186. The zero-order valence-corrected chi connectivity index (χ0v) is 11.7. The highest BCUT2D eigenvalue weighted by molar-refractivity contribution is 6.22. The minimum Gasteiger partial charge on any atom is -0.384 e. The first-order valence-electron chi connectivity index (χ1n) is 7.30. The molecule has 1 aliphatic carbocycles. The van der Waals surface area contributed by atoms with Gasteiger partial charge in [-0.1, -0.05) is 24.7 Å². The van der Waals surface area contributed by atoms with Crippen molar-refractivity contribution < 1.29 is 14.7 Å². The second-order valence-corrected chi connectivity index (χ2v) is 5.52. The first-order chi connectivity index (χ1) is 10.2. The van der Waals surface area contributed by atoms with Crippen molar-refractivity contribution in [2.45, 2.75) is 25.7 Å². The van der Waals surface area contributed by atoms with Crippen LogP contribution in [0.2, 0.25) is 0 Å². The molecule has 1 aromatic carbocycles. The van der Waals surface area contributed by atoms with E-state index < -0.39 is 0 Å². The van der Waals surface area contributed by atoms with Crippen molar-refractivity contribution in [3.63, 3.8) is 0 Å². The van der Waals surface area contributed by atoms with Crippen molar-refractivity contribution in [2.75, 3.05) is 11.5 Å². The Balaban J connectivity index is 1.86. The first-order valence-corrected chi connectivity index (χ1v) is 7.30. The average Bonchev–Trinajstić information content (AvgIpc) is 2.78. The van der Waals surface area contributed by atoms with E-state index in [1.54, 1.807) is 24.3 Å². The summed E-state index contributed by atoms with van der Waals surface area (Å²) in [5.74, 6) is 5.00. The minimum absolute atomic E-state index is 0.0566. The van der Waals surface area contributed by atoms with E-state index >= 15 is 0 Å². The summed E-state index contributed by atoms with van der Waals surface area (Å²) >= 11 is 0. The Morgan fingerprint density at radius 2 is 1.62 bits per heavy atom. The Hall–Kier alpha value is -2.12. The molecule has 0 spiro atoms. The molecule has 1 aromatic rings. The van der Waals surface area contributed by atoms with Gasteiger partial charge in [-0.25, -0.2) is 0 Å². The number of fused-ring (bicyclic) bond motifs is 1. The Morgan fingerprint density at radius 3 is 2.14 bits per heavy atom. The minimum atomic E-state index is -0.186. The molecule has 0 bridgehead atoms. The molecule has 0 aromatic heterocycles. The molecule has 1 saturated carbocycles. The van der Waals surface area contributed by atoms with Crippen LogP contribution in [0.4, 0.5) is 5.69 Å². The largest absolute Gasteiger partial charge is 0.384 e. The average molecular weight is 283 g/mol. The predicted molar refractivity (Wildman–Crippen MR) is 78.3 cm³/mol. The van der Waals surface area contributed by atoms with E-state index in [-0.39, 0.29) is 30.3 Å². The highest BCUT2D eigenvalue weighted by atomic mass is 16.2. The van der Waals surface area contributed by atoms with Crippen LogP contribution in [0.25, 0.3) is 0 Å². The second kappa shape index (κ2) is 5.71. The van der Waals surface area contributed by atoms with E-state index in [4.69, 9.17) is 5.11 Å². The zero-order valence-electron chi connectivity index (χ0n) is 11.7. The SMILES string of the molecule is O=C1C2CCCCC2C(=O)N1c1ccc(C#CCO)cc1. The number of aliphatic hydroxyl groups excluding tert-OH is 1. The number of carbonyl (C=O) groups is 2. The van der Waals surface area contributed by atoms with Crippen LogP contribution in [0.5, 0.6) is 0 Å². The molecule has 4 nitrogen and oxygen atoms in total. The highest BCUT2D eigenvalue weighted by Gasteiger charge is 2.48. The number of amides is 2. The molecule has 1 N–H and O–H groups in total. The van der Waals surface area contributed by atoms with Crippen LogP contribution in [0.15, 0.2) is 24.3 Å². The number of imide groups is 1. The summed E-state index contributed by atoms with van der Waals surface area (Å²) in [7, 11) is 0. The van der Waals surface area contributed by atoms with Crippen molar-refractivity contribution in [3.8, 4) is 11.8 Å². The fourth-order valence-electron chi connectivity index (χ4n) is 3.25. The van der Waals surface area contributed by atoms with E-state index in [2.05, 4.69) is 11.8 Å². The molecule has 108 valence electrons. The van der Waals surface area contributed by atoms with Crippen LogP contribution in [-0.4, -0.2) is 23.5 Å². The molecule has 2 fully saturated rings. The fraction of sp³-hybridized carbons (Fsp3) is 0.412. The third-order valence-electron chi connectivity index (χ3n) is 4.28. The van der Waals surface area contributed by atoms with Gasteiger partial charge in [0.1, 0.15) is 6.61 Å². The Bertz CT molecular complexity index is 600. The van der Waals surface area contributed by atoms with E-state index in [9.17, 15) is 9.59 Å². The number of nitrogens with zero attached hydrogens (tertiary/aromatic N) is 1. The molecule has 4 heteroatoms. The van der Waals surface area contributed by atoms with Gasteiger partial charge in [0.25, 0.3) is 0 Å². The quantitative estimate of drug-likeness (QED) is 0.630. The summed E-state index contributed by atoms with van der Waals surface area (Å²) in [6, 6.07) is 7.02. The molecular formula is C17H17NO3. The Kier molecular flexibility index (Phi) is 3.76. The third kappa shape index (κ3) is 2.45. The van der Waals surface area contributed by atoms with Crippen LogP contribution in [0.3, 0.4) is 0 Å². The molecule has 1 heterocycles. The topological polar surface area (TPSA) is 57.6 Å². The van der Waals surface area contributed by atoms with Crippen molar-refractivity contribution in [1.82, 2.24) is 0 Å². The van der Waals surface area contributed by atoms with Crippen molar-refractivity contribution in [1.29, 1.82) is 0 Å². The van der Waals surface area contributed by atoms with Crippen LogP contribution in [0.1, 0.15) is 31.2 Å². The van der Waals surface area contributed by atoms with Gasteiger partial charge in [0.05, 0.1) is 17.5 Å². The lowest BCUT2D eigenvalue weighted by atomic mass is 9.81. The first kappa shape index (κ1) is 13.8. The van der Waals surface area contributed by atoms with Crippen LogP contribution >= 0.6 is 0 Å². The van der Waals surface area contributed by atoms with Gasteiger partial charge in [-0.3, -0.25) is 14.5 Å². The monoisotopic (exact) mass is 283 g/mol. The molecule has 1 aliphatic heterocycles. The molecule has 2 unspecified atom stereocenters. The maximum absolute atomic E-state index is 12.5. The summed E-state index contributed by atoms with van der Waals surface area (Å²) in [5.41, 5.74) is 1.37. The van der Waals surface area contributed by atoms with Gasteiger partial charge in [-0.2, -0.15) is 0 Å². The zero-order chi connectivity index (χ0) is 14.8. The maximum Gasteiger partial charge on any atom is 0.237 e. The molecule has 0 radical (unpaired) electrons. The molecule has 2 amide bonds.